The molecular weight excluding hydrogens is 454 g/mol. The van der Waals surface area contributed by atoms with Gasteiger partial charge in [0.05, 0.1) is 5.52 Å². The third-order valence-corrected chi connectivity index (χ3v) is 6.48. The Morgan fingerprint density at radius 3 is 2.53 bits per heavy atom. The summed E-state index contributed by atoms with van der Waals surface area (Å²) < 4.78 is 7.52. The molecule has 4 aromatic rings. The minimum absolute atomic E-state index is 0.0888. The first kappa shape index (κ1) is 25.2. The Balaban J connectivity index is 1.84. The van der Waals surface area contributed by atoms with Gasteiger partial charge >= 0.3 is 0 Å². The van der Waals surface area contributed by atoms with Crippen molar-refractivity contribution in [3.63, 3.8) is 0 Å². The molecule has 0 aliphatic heterocycles. The molecule has 2 aromatic carbocycles. The van der Waals surface area contributed by atoms with Crippen molar-refractivity contribution < 1.29 is 14.0 Å². The molecule has 4 rings (SSSR count). The summed E-state index contributed by atoms with van der Waals surface area (Å²) >= 11 is 0. The third-order valence-electron chi connectivity index (χ3n) is 6.48. The van der Waals surface area contributed by atoms with E-state index < -0.39 is 11.6 Å². The summed E-state index contributed by atoms with van der Waals surface area (Å²) in [4.78, 5) is 29.5. The van der Waals surface area contributed by atoms with Crippen molar-refractivity contribution in [2.45, 2.75) is 66.1 Å². The molecule has 0 aliphatic carbocycles. The monoisotopic (exact) mass is 487 g/mol. The number of fused-ring (bicyclic) bond motifs is 1. The number of rotatable bonds is 8. The molecule has 1 atom stereocenters. The summed E-state index contributed by atoms with van der Waals surface area (Å²) in [5, 5.41) is 11.5. The third kappa shape index (κ3) is 5.17. The minimum atomic E-state index is -1.01. The van der Waals surface area contributed by atoms with Gasteiger partial charge in [-0.25, -0.2) is 4.68 Å². The summed E-state index contributed by atoms with van der Waals surface area (Å²) in [6.45, 7) is 11.5. The van der Waals surface area contributed by atoms with Crippen LogP contribution in [0.5, 0.6) is 0 Å². The van der Waals surface area contributed by atoms with Crippen LogP contribution in [0.3, 0.4) is 0 Å². The topological polar surface area (TPSA) is 93.3 Å². The van der Waals surface area contributed by atoms with Crippen LogP contribution < -0.4 is 10.2 Å². The van der Waals surface area contributed by atoms with Crippen molar-refractivity contribution >= 4 is 28.5 Å². The molecule has 0 saturated carbocycles. The SMILES string of the molecule is CCC(C)(C)NC(=O)[C@@H](c1ccc(C)o1)N(C(=O)Cn1nnc2ccccc21)c1cc(C)ccc1C. The molecule has 2 aromatic heterocycles. The predicted molar refractivity (Wildman–Crippen MR) is 140 cm³/mol. The Morgan fingerprint density at radius 1 is 1.08 bits per heavy atom. The van der Waals surface area contributed by atoms with Crippen LogP contribution in [-0.2, 0) is 16.1 Å². The lowest BCUT2D eigenvalue weighted by Gasteiger charge is -2.34. The summed E-state index contributed by atoms with van der Waals surface area (Å²) in [5.74, 6) is 0.444. The number of furan rings is 1. The lowest BCUT2D eigenvalue weighted by molar-refractivity contribution is -0.128. The first-order valence-electron chi connectivity index (χ1n) is 12.2. The average molecular weight is 488 g/mol. The highest BCUT2D eigenvalue weighted by Gasteiger charge is 2.38. The number of hydrogen-bond acceptors (Lipinski definition) is 5. The Kier molecular flexibility index (Phi) is 6.97. The maximum absolute atomic E-state index is 14.1. The van der Waals surface area contributed by atoms with Gasteiger partial charge in [0, 0.05) is 11.2 Å². The smallest absolute Gasteiger partial charge is 0.251 e. The Morgan fingerprint density at radius 2 is 1.83 bits per heavy atom. The number of carbonyl (C=O) groups is 2. The predicted octanol–water partition coefficient (Wildman–Crippen LogP) is 5.03. The van der Waals surface area contributed by atoms with Crippen LogP contribution >= 0.6 is 0 Å². The molecule has 0 unspecified atom stereocenters. The summed E-state index contributed by atoms with van der Waals surface area (Å²) in [6.07, 6.45) is 0.727. The van der Waals surface area contributed by atoms with Crippen LogP contribution in [0.25, 0.3) is 11.0 Å². The van der Waals surface area contributed by atoms with Crippen LogP contribution in [0.1, 0.15) is 55.9 Å². The van der Waals surface area contributed by atoms with Crippen LogP contribution in [0.4, 0.5) is 5.69 Å². The standard InChI is InChI=1S/C28H33N5O3/c1-7-28(5,6)29-27(35)26(24-15-14-20(4)36-24)33(23-16-18(2)12-13-19(23)3)25(34)17-32-22-11-9-8-10-21(22)30-31-32/h8-16,26H,7,17H2,1-6H3,(H,29,35)/t26-/m1/s1. The molecule has 8 nitrogen and oxygen atoms in total. The van der Waals surface area contributed by atoms with Gasteiger partial charge < -0.3 is 9.73 Å². The zero-order valence-corrected chi connectivity index (χ0v) is 21.7. The van der Waals surface area contributed by atoms with Crippen LogP contribution in [-0.4, -0.2) is 32.3 Å². The molecule has 0 saturated heterocycles. The van der Waals surface area contributed by atoms with Crippen LogP contribution in [0.15, 0.2) is 59.0 Å². The zero-order valence-electron chi connectivity index (χ0n) is 21.7. The Labute approximate surface area is 211 Å². The molecule has 2 amide bonds. The fraction of sp³-hybridized carbons (Fsp3) is 0.357. The molecule has 36 heavy (non-hydrogen) atoms. The molecule has 0 fully saturated rings. The molecule has 8 heteroatoms. The van der Waals surface area contributed by atoms with E-state index in [1.165, 1.54) is 4.90 Å². The van der Waals surface area contributed by atoms with E-state index in [1.54, 1.807) is 16.8 Å². The van der Waals surface area contributed by atoms with Gasteiger partial charge in [-0.2, -0.15) is 0 Å². The van der Waals surface area contributed by atoms with Gasteiger partial charge in [0.2, 0.25) is 5.91 Å². The normalized spacial score (nSPS) is 12.5. The number of amides is 2. The van der Waals surface area contributed by atoms with E-state index in [-0.39, 0.29) is 18.4 Å². The van der Waals surface area contributed by atoms with Gasteiger partial charge in [-0.15, -0.1) is 5.10 Å². The highest BCUT2D eigenvalue weighted by atomic mass is 16.3. The number of carbonyl (C=O) groups excluding carboxylic acids is 2. The number of para-hydroxylation sites is 1. The van der Waals surface area contributed by atoms with E-state index in [9.17, 15) is 9.59 Å². The first-order chi connectivity index (χ1) is 17.1. The highest BCUT2D eigenvalue weighted by Crippen LogP contribution is 2.33. The maximum atomic E-state index is 14.1. The minimum Gasteiger partial charge on any atom is -0.464 e. The average Bonchev–Trinajstić information content (AvgIpc) is 3.45. The molecule has 2 heterocycles. The van der Waals surface area contributed by atoms with E-state index >= 15 is 0 Å². The largest absolute Gasteiger partial charge is 0.464 e. The van der Waals surface area contributed by atoms with Gasteiger partial charge in [-0.3, -0.25) is 14.5 Å². The van der Waals surface area contributed by atoms with Crippen LogP contribution in [0, 0.1) is 20.8 Å². The fourth-order valence-electron chi connectivity index (χ4n) is 4.10. The fourth-order valence-corrected chi connectivity index (χ4v) is 4.10. The number of nitrogens with zero attached hydrogens (tertiary/aromatic N) is 4. The number of anilines is 1. The van der Waals surface area contributed by atoms with E-state index in [1.807, 2.05) is 84.0 Å². The zero-order chi connectivity index (χ0) is 26.0. The van der Waals surface area contributed by atoms with Gasteiger partial charge in [-0.05, 0) is 82.5 Å². The molecular formula is C28H33N5O3. The van der Waals surface area contributed by atoms with Gasteiger partial charge in [-0.1, -0.05) is 36.4 Å². The second-order valence-corrected chi connectivity index (χ2v) is 9.87. The number of hydrogen-bond donors (Lipinski definition) is 1. The summed E-state index contributed by atoms with van der Waals surface area (Å²) in [6, 6.07) is 15.9. The van der Waals surface area contributed by atoms with Crippen molar-refractivity contribution in [2.75, 3.05) is 4.90 Å². The summed E-state index contributed by atoms with van der Waals surface area (Å²) in [7, 11) is 0. The number of nitrogens with one attached hydrogen (secondary N) is 1. The molecule has 1 N–H and O–H groups in total. The van der Waals surface area contributed by atoms with E-state index in [4.69, 9.17) is 4.42 Å². The Bertz CT molecular complexity index is 1400. The molecule has 0 aliphatic rings. The molecule has 0 spiro atoms. The first-order valence-corrected chi connectivity index (χ1v) is 12.2. The number of aromatic nitrogens is 3. The van der Waals surface area contributed by atoms with E-state index in [0.717, 1.165) is 23.1 Å². The lowest BCUT2D eigenvalue weighted by Crippen LogP contribution is -2.51. The molecule has 188 valence electrons. The van der Waals surface area contributed by atoms with Crippen molar-refractivity contribution in [2.24, 2.45) is 0 Å². The second kappa shape index (κ2) is 9.97. The second-order valence-electron chi connectivity index (χ2n) is 9.87. The van der Waals surface area contributed by atoms with Gasteiger partial charge in [0.25, 0.3) is 5.91 Å². The van der Waals surface area contributed by atoms with Crippen LogP contribution in [0.2, 0.25) is 0 Å². The number of benzene rings is 2. The maximum Gasteiger partial charge on any atom is 0.251 e. The quantitative estimate of drug-likeness (QED) is 0.376. The molecule has 0 radical (unpaired) electrons. The number of aryl methyl sites for hydroxylation is 3. The van der Waals surface area contributed by atoms with Gasteiger partial charge in [0.15, 0.2) is 6.04 Å². The molecule has 0 bridgehead atoms. The summed E-state index contributed by atoms with van der Waals surface area (Å²) in [5.41, 5.74) is 3.47. The lowest BCUT2D eigenvalue weighted by atomic mass is 10.00. The highest BCUT2D eigenvalue weighted by molar-refractivity contribution is 6.02. The van der Waals surface area contributed by atoms with Crippen molar-refractivity contribution in [1.82, 2.24) is 20.3 Å². The Hall–Kier alpha value is -3.94. The van der Waals surface area contributed by atoms with Crippen molar-refractivity contribution in [3.05, 3.63) is 77.2 Å². The van der Waals surface area contributed by atoms with Gasteiger partial charge in [0.1, 0.15) is 23.6 Å². The van der Waals surface area contributed by atoms with Crippen molar-refractivity contribution in [1.29, 1.82) is 0 Å². The van der Waals surface area contributed by atoms with E-state index in [0.29, 0.717) is 22.7 Å². The van der Waals surface area contributed by atoms with E-state index in [2.05, 4.69) is 15.6 Å². The van der Waals surface area contributed by atoms with Crippen molar-refractivity contribution in [3.8, 4) is 0 Å².